The van der Waals surface area contributed by atoms with Crippen LogP contribution >= 0.6 is 12.2 Å². The summed E-state index contributed by atoms with van der Waals surface area (Å²) in [6.07, 6.45) is 0. The topological polar surface area (TPSA) is 50.1 Å². The van der Waals surface area contributed by atoms with E-state index in [4.69, 9.17) is 25.4 Å². The maximum atomic E-state index is 5.58. The van der Waals surface area contributed by atoms with E-state index in [0.29, 0.717) is 21.9 Å². The first kappa shape index (κ1) is 8.20. The molecule has 0 saturated carbocycles. The van der Waals surface area contributed by atoms with Crippen LogP contribution in [0.4, 0.5) is 0 Å². The molecule has 0 aliphatic carbocycles. The Morgan fingerprint density at radius 2 is 2.18 bits per heavy atom. The van der Waals surface area contributed by atoms with E-state index < -0.39 is 0 Å². The minimum atomic E-state index is 0.459. The van der Waals surface area contributed by atoms with Gasteiger partial charge in [0.1, 0.15) is 0 Å². The van der Waals surface area contributed by atoms with Gasteiger partial charge in [-0.05, 0) is 0 Å². The predicted octanol–water partition coefficient (Wildman–Crippen LogP) is -1.97. The molecule has 1 aliphatic heterocycles. The van der Waals surface area contributed by atoms with Crippen LogP contribution in [0.15, 0.2) is 12.3 Å². The second kappa shape index (κ2) is 3.00. The van der Waals surface area contributed by atoms with Crippen LogP contribution in [0.3, 0.4) is 0 Å². The average Bonchev–Trinajstić information content (AvgIpc) is 1.96. The monoisotopic (exact) mass is 162 g/mol. The summed E-state index contributed by atoms with van der Waals surface area (Å²) in [6, 6.07) is 0. The molecular formula is C5H6B2N3S. The van der Waals surface area contributed by atoms with Crippen molar-refractivity contribution in [1.82, 2.24) is 10.6 Å². The van der Waals surface area contributed by atoms with Gasteiger partial charge in [0.05, 0.1) is 0 Å². The Bertz CT molecular complexity index is 271. The molecule has 0 amide bonds. The molecule has 0 aromatic heterocycles. The van der Waals surface area contributed by atoms with Gasteiger partial charge in [-0.1, -0.05) is 0 Å². The molecule has 1 fully saturated rings. The van der Waals surface area contributed by atoms with Gasteiger partial charge in [0, 0.05) is 0 Å². The third kappa shape index (κ3) is 1.57. The molecule has 1 aliphatic rings. The molecule has 0 bridgehead atoms. The average molecular weight is 162 g/mol. The van der Waals surface area contributed by atoms with Crippen molar-refractivity contribution in [3.05, 3.63) is 12.3 Å². The Kier molecular flexibility index (Phi) is 2.24. The zero-order valence-corrected chi connectivity index (χ0v) is 6.66. The first-order chi connectivity index (χ1) is 5.15. The second-order valence-corrected chi connectivity index (χ2v) is 2.46. The van der Waals surface area contributed by atoms with Gasteiger partial charge in [0.2, 0.25) is 0 Å². The standard InChI is InChI=1S/C5H6B2N3S/c1-2-3(6)4(7-8)10-5(11)9-2/h1,8H2,(H2,9,10,11). The van der Waals surface area contributed by atoms with Crippen LogP contribution in [0.1, 0.15) is 0 Å². The number of thiocarbonyl (C=S) groups is 1. The number of hydrogen-bond donors (Lipinski definition) is 3. The molecule has 6 heteroatoms. The first-order valence-electron chi connectivity index (χ1n) is 2.97. The van der Waals surface area contributed by atoms with Crippen molar-refractivity contribution in [1.29, 1.82) is 0 Å². The van der Waals surface area contributed by atoms with Gasteiger partial charge in [-0.3, -0.25) is 0 Å². The molecule has 0 aromatic carbocycles. The molecule has 1 radical (unpaired) electrons. The minimum absolute atomic E-state index is 0.459. The van der Waals surface area contributed by atoms with Gasteiger partial charge in [-0.2, -0.15) is 0 Å². The van der Waals surface area contributed by atoms with Crippen molar-refractivity contribution < 1.29 is 0 Å². The van der Waals surface area contributed by atoms with E-state index in [1.807, 2.05) is 0 Å². The Labute approximate surface area is 72.0 Å². The van der Waals surface area contributed by atoms with Crippen molar-refractivity contribution in [3.8, 4) is 0 Å². The van der Waals surface area contributed by atoms with Crippen LogP contribution in [0.2, 0.25) is 0 Å². The molecular weight excluding hydrogens is 156 g/mol. The van der Waals surface area contributed by atoms with Crippen molar-refractivity contribution in [2.24, 2.45) is 5.64 Å². The summed E-state index contributed by atoms with van der Waals surface area (Å²) < 4.78 is 0. The Balaban J connectivity index is 2.92. The number of nitrogens with two attached hydrogens (primary N) is 1. The van der Waals surface area contributed by atoms with Gasteiger partial charge in [-0.25, -0.2) is 0 Å². The first-order valence-corrected chi connectivity index (χ1v) is 3.38. The summed E-state index contributed by atoms with van der Waals surface area (Å²) in [5.41, 5.74) is 6.92. The van der Waals surface area contributed by atoms with E-state index in [2.05, 4.69) is 17.2 Å². The van der Waals surface area contributed by atoms with Crippen molar-refractivity contribution in [2.75, 3.05) is 0 Å². The molecule has 0 atom stereocenters. The van der Waals surface area contributed by atoms with E-state index in [1.165, 1.54) is 7.06 Å². The molecule has 0 aromatic rings. The molecule has 4 N–H and O–H groups in total. The van der Waals surface area contributed by atoms with Gasteiger partial charge < -0.3 is 0 Å². The molecule has 11 heavy (non-hydrogen) atoms. The van der Waals surface area contributed by atoms with Gasteiger partial charge >= 0.3 is 71.5 Å². The van der Waals surface area contributed by atoms with E-state index >= 15 is 0 Å². The Morgan fingerprint density at radius 3 is 2.73 bits per heavy atom. The summed E-state index contributed by atoms with van der Waals surface area (Å²) in [5.74, 6) is 0. The normalized spacial score (nSPS) is 20.6. The maximum absolute atomic E-state index is 5.58. The summed E-state index contributed by atoms with van der Waals surface area (Å²) in [6.45, 7) is 3.65. The summed E-state index contributed by atoms with van der Waals surface area (Å²) in [5, 5.41) is 6.00. The Morgan fingerprint density at radius 1 is 1.55 bits per heavy atom. The summed E-state index contributed by atoms with van der Waals surface area (Å²) in [4.78, 5) is 0. The van der Waals surface area contributed by atoms with Crippen LogP contribution in [0.25, 0.3) is 0 Å². The molecule has 0 unspecified atom stereocenters. The van der Waals surface area contributed by atoms with Gasteiger partial charge in [-0.15, -0.1) is 0 Å². The quantitative estimate of drug-likeness (QED) is 0.285. The SMILES string of the molecule is [B]=C1C(=C)NC(=S)NC1=BN. The van der Waals surface area contributed by atoms with Crippen LogP contribution < -0.4 is 16.3 Å². The van der Waals surface area contributed by atoms with Crippen molar-refractivity contribution in [2.45, 2.75) is 0 Å². The summed E-state index contributed by atoms with van der Waals surface area (Å²) >= 11 is 4.83. The summed E-state index contributed by atoms with van der Waals surface area (Å²) in [7, 11) is 6.93. The zero-order valence-electron chi connectivity index (χ0n) is 5.85. The molecule has 53 valence electrons. The van der Waals surface area contributed by atoms with Crippen LogP contribution in [-0.2, 0) is 0 Å². The number of hydrogen-bond acceptors (Lipinski definition) is 2. The number of nitrogens with one attached hydrogen (secondary N) is 2. The fraction of sp³-hybridized carbons (Fsp3) is 0. The Hall–Kier alpha value is -0.900. The zero-order chi connectivity index (χ0) is 8.43. The van der Waals surface area contributed by atoms with Crippen molar-refractivity contribution in [3.63, 3.8) is 0 Å². The third-order valence-corrected chi connectivity index (χ3v) is 1.50. The predicted molar refractivity (Wildman–Crippen MR) is 53.7 cm³/mol. The number of rotatable bonds is 0. The molecule has 1 saturated heterocycles. The van der Waals surface area contributed by atoms with E-state index in [9.17, 15) is 0 Å². The van der Waals surface area contributed by atoms with Crippen LogP contribution in [-0.4, -0.2) is 30.7 Å². The van der Waals surface area contributed by atoms with E-state index in [-0.39, 0.29) is 0 Å². The molecule has 1 rings (SSSR count). The van der Waals surface area contributed by atoms with Gasteiger partial charge in [0.15, 0.2) is 0 Å². The fourth-order valence-corrected chi connectivity index (χ4v) is 0.952. The van der Waals surface area contributed by atoms with E-state index in [1.54, 1.807) is 0 Å². The van der Waals surface area contributed by atoms with E-state index in [0.717, 1.165) is 0 Å². The fourth-order valence-electron chi connectivity index (χ4n) is 0.719. The second-order valence-electron chi connectivity index (χ2n) is 2.05. The molecule has 3 nitrogen and oxygen atoms in total. The molecule has 0 spiro atoms. The van der Waals surface area contributed by atoms with Crippen LogP contribution in [0.5, 0.6) is 0 Å². The third-order valence-electron chi connectivity index (χ3n) is 1.29. The van der Waals surface area contributed by atoms with Gasteiger partial charge in [0.25, 0.3) is 0 Å². The van der Waals surface area contributed by atoms with Crippen LogP contribution in [0, 0.1) is 0 Å². The van der Waals surface area contributed by atoms with Crippen molar-refractivity contribution >= 4 is 42.9 Å². The molecule has 1 heterocycles.